The molecule has 0 bridgehead atoms. The lowest BCUT2D eigenvalue weighted by Gasteiger charge is -2.33. The molecule has 0 atom stereocenters. The van der Waals surface area contributed by atoms with Crippen molar-refractivity contribution in [1.82, 2.24) is 9.29 Å². The van der Waals surface area contributed by atoms with Gasteiger partial charge in [0.05, 0.1) is 10.6 Å². The number of piperazine rings is 1. The molecule has 1 aromatic heterocycles. The van der Waals surface area contributed by atoms with Crippen molar-refractivity contribution in [3.63, 3.8) is 0 Å². The molecule has 1 aliphatic heterocycles. The molecule has 1 fully saturated rings. The Morgan fingerprint density at radius 1 is 0.969 bits per heavy atom. The van der Waals surface area contributed by atoms with E-state index < -0.39 is 22.1 Å². The van der Waals surface area contributed by atoms with E-state index in [4.69, 9.17) is 11.6 Å². The summed E-state index contributed by atoms with van der Waals surface area (Å²) < 4.78 is 67.7. The van der Waals surface area contributed by atoms with Crippen LogP contribution >= 0.6 is 22.9 Å². The molecule has 1 aliphatic rings. The van der Waals surface area contributed by atoms with Gasteiger partial charge in [-0.1, -0.05) is 23.7 Å². The van der Waals surface area contributed by atoms with E-state index in [1.165, 1.54) is 15.6 Å². The predicted octanol–water partition coefficient (Wildman–Crippen LogP) is 4.87. The second-order valence-corrected chi connectivity index (χ2v) is 10.1. The van der Waals surface area contributed by atoms with Gasteiger partial charge in [-0.2, -0.15) is 4.31 Å². The van der Waals surface area contributed by atoms with Gasteiger partial charge in [-0.15, -0.1) is 24.5 Å². The lowest BCUT2D eigenvalue weighted by Crippen LogP contribution is -2.48. The number of sulfonamides is 1. The largest absolute Gasteiger partial charge is 0.573 e. The van der Waals surface area contributed by atoms with Gasteiger partial charge < -0.3 is 9.64 Å². The fourth-order valence-corrected chi connectivity index (χ4v) is 5.68. The fourth-order valence-electron chi connectivity index (χ4n) is 3.24. The molecule has 12 heteroatoms. The summed E-state index contributed by atoms with van der Waals surface area (Å²) >= 11 is 7.40. The van der Waals surface area contributed by atoms with E-state index in [2.05, 4.69) is 9.72 Å². The highest BCUT2D eigenvalue weighted by molar-refractivity contribution is 7.89. The maximum absolute atomic E-state index is 12.9. The molecule has 0 spiro atoms. The second kappa shape index (κ2) is 8.89. The van der Waals surface area contributed by atoms with Crippen LogP contribution in [0.15, 0.2) is 58.8 Å². The highest BCUT2D eigenvalue weighted by Crippen LogP contribution is 2.30. The standard InChI is InChI=1S/C20H17ClF3N3O3S2/c21-15-3-1-14(2-4-15)18-13-31-19(25-18)26-9-11-27(12-10-26)32(28,29)17-7-5-16(6-8-17)30-20(22,23)24/h1-8,13H,9-12H2. The first-order chi connectivity index (χ1) is 15.1. The first-order valence-electron chi connectivity index (χ1n) is 9.44. The van der Waals surface area contributed by atoms with Crippen LogP contribution < -0.4 is 9.64 Å². The van der Waals surface area contributed by atoms with Crippen molar-refractivity contribution in [1.29, 1.82) is 0 Å². The molecular weight excluding hydrogens is 487 g/mol. The van der Waals surface area contributed by atoms with Crippen molar-refractivity contribution in [2.24, 2.45) is 0 Å². The van der Waals surface area contributed by atoms with Gasteiger partial charge in [-0.3, -0.25) is 0 Å². The van der Waals surface area contributed by atoms with Crippen LogP contribution in [-0.2, 0) is 10.0 Å². The van der Waals surface area contributed by atoms with Gasteiger partial charge in [-0.05, 0) is 36.4 Å². The van der Waals surface area contributed by atoms with E-state index in [0.29, 0.717) is 18.1 Å². The zero-order valence-corrected chi connectivity index (χ0v) is 18.8. The minimum Gasteiger partial charge on any atom is -0.406 e. The number of alkyl halides is 3. The second-order valence-electron chi connectivity index (χ2n) is 6.93. The predicted molar refractivity (Wildman–Crippen MR) is 117 cm³/mol. The van der Waals surface area contributed by atoms with Gasteiger partial charge in [0.1, 0.15) is 5.75 Å². The molecule has 0 N–H and O–H groups in total. The first-order valence-corrected chi connectivity index (χ1v) is 12.1. The Labute approximate surface area is 191 Å². The van der Waals surface area contributed by atoms with Crippen molar-refractivity contribution in [2.45, 2.75) is 11.3 Å². The fraction of sp³-hybridized carbons (Fsp3) is 0.250. The minimum atomic E-state index is -4.83. The van der Waals surface area contributed by atoms with Gasteiger partial charge >= 0.3 is 6.36 Å². The number of hydrogen-bond acceptors (Lipinski definition) is 6. The van der Waals surface area contributed by atoms with Crippen molar-refractivity contribution >= 4 is 38.1 Å². The molecule has 0 unspecified atom stereocenters. The number of thiazole rings is 1. The Morgan fingerprint density at radius 2 is 1.59 bits per heavy atom. The molecule has 0 saturated carbocycles. The van der Waals surface area contributed by atoms with Crippen LogP contribution in [0.4, 0.5) is 18.3 Å². The Bertz CT molecular complexity index is 1180. The number of nitrogens with zero attached hydrogens (tertiary/aromatic N) is 3. The van der Waals surface area contributed by atoms with Crippen LogP contribution in [0.2, 0.25) is 5.02 Å². The third-order valence-electron chi connectivity index (χ3n) is 4.84. The zero-order chi connectivity index (χ0) is 22.9. The zero-order valence-electron chi connectivity index (χ0n) is 16.4. The average Bonchev–Trinajstić information content (AvgIpc) is 3.24. The highest BCUT2D eigenvalue weighted by atomic mass is 35.5. The molecule has 6 nitrogen and oxygen atoms in total. The maximum Gasteiger partial charge on any atom is 0.573 e. The average molecular weight is 504 g/mol. The van der Waals surface area contributed by atoms with Crippen LogP contribution in [0.5, 0.6) is 5.75 Å². The Hall–Kier alpha value is -2.34. The third kappa shape index (κ3) is 5.17. The number of ether oxygens (including phenoxy) is 1. The Balaban J connectivity index is 1.40. The van der Waals surface area contributed by atoms with E-state index in [-0.39, 0.29) is 18.0 Å². The summed E-state index contributed by atoms with van der Waals surface area (Å²) in [6.07, 6.45) is -4.83. The summed E-state index contributed by atoms with van der Waals surface area (Å²) in [6, 6.07) is 11.6. The van der Waals surface area contributed by atoms with Gasteiger partial charge in [0.25, 0.3) is 0 Å². The molecule has 3 aromatic rings. The van der Waals surface area contributed by atoms with E-state index in [1.54, 1.807) is 12.1 Å². The maximum atomic E-state index is 12.9. The molecule has 1 saturated heterocycles. The van der Waals surface area contributed by atoms with E-state index in [9.17, 15) is 21.6 Å². The van der Waals surface area contributed by atoms with Crippen LogP contribution in [0.1, 0.15) is 0 Å². The van der Waals surface area contributed by atoms with E-state index >= 15 is 0 Å². The van der Waals surface area contributed by atoms with Gasteiger partial charge in [-0.25, -0.2) is 13.4 Å². The smallest absolute Gasteiger partial charge is 0.406 e. The van der Waals surface area contributed by atoms with Crippen LogP contribution in [0.3, 0.4) is 0 Å². The van der Waals surface area contributed by atoms with Crippen molar-refractivity contribution < 1.29 is 26.3 Å². The van der Waals surface area contributed by atoms with Crippen LogP contribution in [0, 0.1) is 0 Å². The van der Waals surface area contributed by atoms with Crippen molar-refractivity contribution in [2.75, 3.05) is 31.1 Å². The van der Waals surface area contributed by atoms with Crippen molar-refractivity contribution in [3.8, 4) is 17.0 Å². The Morgan fingerprint density at radius 3 is 2.19 bits per heavy atom. The SMILES string of the molecule is O=S(=O)(c1ccc(OC(F)(F)F)cc1)N1CCN(c2nc(-c3ccc(Cl)cc3)cs2)CC1. The van der Waals surface area contributed by atoms with Crippen molar-refractivity contribution in [3.05, 3.63) is 58.9 Å². The number of benzene rings is 2. The molecule has 32 heavy (non-hydrogen) atoms. The highest BCUT2D eigenvalue weighted by Gasteiger charge is 2.32. The number of halogens is 4. The molecule has 170 valence electrons. The number of anilines is 1. The summed E-state index contributed by atoms with van der Waals surface area (Å²) in [6.45, 7) is 1.36. The number of rotatable bonds is 5. The van der Waals surface area contributed by atoms with Gasteiger partial charge in [0.2, 0.25) is 10.0 Å². The molecule has 0 aliphatic carbocycles. The molecule has 2 heterocycles. The summed E-state index contributed by atoms with van der Waals surface area (Å²) in [7, 11) is -3.83. The summed E-state index contributed by atoms with van der Waals surface area (Å²) in [4.78, 5) is 6.57. The summed E-state index contributed by atoms with van der Waals surface area (Å²) in [5, 5.41) is 3.37. The van der Waals surface area contributed by atoms with Crippen LogP contribution in [-0.4, -0.2) is 50.2 Å². The lowest BCUT2D eigenvalue weighted by molar-refractivity contribution is -0.274. The number of aromatic nitrogens is 1. The normalized spacial score (nSPS) is 15.7. The van der Waals surface area contributed by atoms with E-state index in [1.807, 2.05) is 22.4 Å². The van der Waals surface area contributed by atoms with E-state index in [0.717, 1.165) is 40.7 Å². The topological polar surface area (TPSA) is 62.7 Å². The Kier molecular flexibility index (Phi) is 6.35. The van der Waals surface area contributed by atoms with Gasteiger partial charge in [0, 0.05) is 42.1 Å². The van der Waals surface area contributed by atoms with Gasteiger partial charge in [0.15, 0.2) is 5.13 Å². The van der Waals surface area contributed by atoms with Crippen LogP contribution in [0.25, 0.3) is 11.3 Å². The molecule has 0 radical (unpaired) electrons. The first kappa shape index (κ1) is 22.8. The summed E-state index contributed by atoms with van der Waals surface area (Å²) in [5.41, 5.74) is 1.76. The number of hydrogen-bond donors (Lipinski definition) is 0. The minimum absolute atomic E-state index is 0.0836. The third-order valence-corrected chi connectivity index (χ3v) is 7.90. The quantitative estimate of drug-likeness (QED) is 0.497. The molecule has 2 aromatic carbocycles. The lowest BCUT2D eigenvalue weighted by atomic mass is 10.2. The monoisotopic (exact) mass is 503 g/mol. The molecule has 0 amide bonds. The summed E-state index contributed by atoms with van der Waals surface area (Å²) in [5.74, 6) is -0.471. The molecule has 4 rings (SSSR count). The molecular formula is C20H17ClF3N3O3S2.